The number of benzene rings is 2. The Morgan fingerprint density at radius 1 is 0.893 bits per heavy atom. The van der Waals surface area contributed by atoms with E-state index in [4.69, 9.17) is 0 Å². The number of nitrogens with one attached hydrogen (secondary N) is 2. The van der Waals surface area contributed by atoms with Crippen LogP contribution in [0, 0.1) is 11.6 Å². The zero-order chi connectivity index (χ0) is 19.9. The van der Waals surface area contributed by atoms with Crippen molar-refractivity contribution >= 4 is 11.8 Å². The molecule has 0 saturated heterocycles. The summed E-state index contributed by atoms with van der Waals surface area (Å²) in [5, 5.41) is 5.21. The molecule has 3 rings (SSSR count). The average molecular weight is 381 g/mol. The predicted octanol–water partition coefficient (Wildman–Crippen LogP) is 3.00. The second kappa shape index (κ2) is 8.85. The fourth-order valence-electron chi connectivity index (χ4n) is 2.71. The van der Waals surface area contributed by atoms with Gasteiger partial charge in [0.05, 0.1) is 12.6 Å². The van der Waals surface area contributed by atoms with E-state index in [2.05, 4.69) is 15.6 Å². The van der Waals surface area contributed by atoms with Gasteiger partial charge in [-0.2, -0.15) is 0 Å². The third kappa shape index (κ3) is 4.97. The van der Waals surface area contributed by atoms with Gasteiger partial charge in [-0.1, -0.05) is 24.3 Å². The minimum absolute atomic E-state index is 0.289. The van der Waals surface area contributed by atoms with Crippen molar-refractivity contribution in [1.29, 1.82) is 0 Å². The number of carbonyl (C=O) groups excluding carboxylic acids is 2. The molecule has 1 aromatic heterocycles. The maximum Gasteiger partial charge on any atom is 0.251 e. The molecular formula is C21H17F2N3O2. The van der Waals surface area contributed by atoms with Crippen molar-refractivity contribution in [1.82, 2.24) is 15.6 Å². The highest BCUT2D eigenvalue weighted by Gasteiger charge is 2.18. The molecule has 5 nitrogen and oxygen atoms in total. The Kier molecular flexibility index (Phi) is 6.06. The molecule has 2 N–H and O–H groups in total. The van der Waals surface area contributed by atoms with Crippen LogP contribution in [-0.4, -0.2) is 23.3 Å². The van der Waals surface area contributed by atoms with E-state index in [0.717, 1.165) is 0 Å². The van der Waals surface area contributed by atoms with Crippen LogP contribution in [0.5, 0.6) is 0 Å². The third-order valence-electron chi connectivity index (χ3n) is 4.02. The molecule has 0 fully saturated rings. The van der Waals surface area contributed by atoms with E-state index < -0.39 is 29.5 Å². The van der Waals surface area contributed by atoms with Crippen molar-refractivity contribution in [2.45, 2.75) is 6.04 Å². The average Bonchev–Trinajstić information content (AvgIpc) is 2.71. The summed E-state index contributed by atoms with van der Waals surface area (Å²) in [6, 6.07) is 13.7. The zero-order valence-corrected chi connectivity index (χ0v) is 14.7. The van der Waals surface area contributed by atoms with E-state index in [1.807, 2.05) is 0 Å². The minimum atomic E-state index is -0.767. The van der Waals surface area contributed by atoms with E-state index in [1.54, 1.807) is 12.1 Å². The predicted molar refractivity (Wildman–Crippen MR) is 99.4 cm³/mol. The number of rotatable bonds is 6. The molecule has 0 spiro atoms. The number of amides is 2. The molecule has 0 radical (unpaired) electrons. The second-order valence-corrected chi connectivity index (χ2v) is 6.03. The highest BCUT2D eigenvalue weighted by Crippen LogP contribution is 2.23. The van der Waals surface area contributed by atoms with Crippen LogP contribution in [0.1, 0.15) is 27.5 Å². The van der Waals surface area contributed by atoms with Crippen LogP contribution in [0.2, 0.25) is 0 Å². The fourth-order valence-corrected chi connectivity index (χ4v) is 2.71. The largest absolute Gasteiger partial charge is 0.344 e. The SMILES string of the molecule is O=C(CNC(=O)c1ccncc1)NC(c1cccc(F)c1)c1cccc(F)c1. The third-order valence-corrected chi connectivity index (χ3v) is 4.02. The molecule has 142 valence electrons. The number of hydrogen-bond acceptors (Lipinski definition) is 3. The summed E-state index contributed by atoms with van der Waals surface area (Å²) in [6.45, 7) is -0.289. The van der Waals surface area contributed by atoms with Crippen molar-refractivity contribution in [2.75, 3.05) is 6.54 Å². The van der Waals surface area contributed by atoms with Crippen LogP contribution < -0.4 is 10.6 Å². The van der Waals surface area contributed by atoms with Gasteiger partial charge in [-0.25, -0.2) is 8.78 Å². The van der Waals surface area contributed by atoms with Crippen molar-refractivity contribution in [3.63, 3.8) is 0 Å². The summed E-state index contributed by atoms with van der Waals surface area (Å²) in [5.41, 5.74) is 1.29. The topological polar surface area (TPSA) is 71.1 Å². The molecule has 0 bridgehead atoms. The molecular weight excluding hydrogens is 364 g/mol. The van der Waals surface area contributed by atoms with E-state index in [-0.39, 0.29) is 6.54 Å². The summed E-state index contributed by atoms with van der Waals surface area (Å²) in [6.07, 6.45) is 2.94. The smallest absolute Gasteiger partial charge is 0.251 e. The quantitative estimate of drug-likeness (QED) is 0.690. The lowest BCUT2D eigenvalue weighted by Gasteiger charge is -2.20. The highest BCUT2D eigenvalue weighted by atomic mass is 19.1. The molecule has 0 unspecified atom stereocenters. The van der Waals surface area contributed by atoms with Crippen molar-refractivity contribution in [3.05, 3.63) is 101 Å². The normalized spacial score (nSPS) is 10.5. The minimum Gasteiger partial charge on any atom is -0.344 e. The Labute approximate surface area is 160 Å². The Balaban J connectivity index is 1.74. The fraction of sp³-hybridized carbons (Fsp3) is 0.0952. The van der Waals surface area contributed by atoms with Crippen LogP contribution in [0.4, 0.5) is 8.78 Å². The number of carbonyl (C=O) groups is 2. The van der Waals surface area contributed by atoms with Crippen LogP contribution in [0.25, 0.3) is 0 Å². The van der Waals surface area contributed by atoms with Crippen molar-refractivity contribution in [2.24, 2.45) is 0 Å². The molecule has 0 aliphatic rings. The molecule has 28 heavy (non-hydrogen) atoms. The van der Waals surface area contributed by atoms with E-state index in [0.29, 0.717) is 16.7 Å². The van der Waals surface area contributed by atoms with E-state index >= 15 is 0 Å². The van der Waals surface area contributed by atoms with Gasteiger partial charge in [-0.05, 0) is 47.5 Å². The number of nitrogens with zero attached hydrogens (tertiary/aromatic N) is 1. The maximum absolute atomic E-state index is 13.7. The second-order valence-electron chi connectivity index (χ2n) is 6.03. The molecule has 0 saturated carbocycles. The summed E-state index contributed by atoms with van der Waals surface area (Å²) in [4.78, 5) is 28.2. The lowest BCUT2D eigenvalue weighted by molar-refractivity contribution is -0.120. The highest BCUT2D eigenvalue weighted by molar-refractivity contribution is 5.96. The summed E-state index contributed by atoms with van der Waals surface area (Å²) in [5.74, 6) is -1.87. The van der Waals surface area contributed by atoms with Crippen LogP contribution in [0.15, 0.2) is 73.1 Å². The molecule has 0 aliphatic heterocycles. The Bertz CT molecular complexity index is 935. The van der Waals surface area contributed by atoms with Gasteiger partial charge in [-0.15, -0.1) is 0 Å². The van der Waals surface area contributed by atoms with Gasteiger partial charge in [0.1, 0.15) is 11.6 Å². The van der Waals surface area contributed by atoms with Gasteiger partial charge >= 0.3 is 0 Å². The van der Waals surface area contributed by atoms with Crippen LogP contribution >= 0.6 is 0 Å². The lowest BCUT2D eigenvalue weighted by atomic mass is 9.98. The van der Waals surface area contributed by atoms with Gasteiger partial charge < -0.3 is 10.6 Å². The van der Waals surface area contributed by atoms with Gasteiger partial charge in [0, 0.05) is 18.0 Å². The zero-order valence-electron chi connectivity index (χ0n) is 14.7. The van der Waals surface area contributed by atoms with Gasteiger partial charge in [0.2, 0.25) is 5.91 Å². The summed E-state index contributed by atoms with van der Waals surface area (Å²) < 4.78 is 27.3. The van der Waals surface area contributed by atoms with Gasteiger partial charge in [0.15, 0.2) is 0 Å². The number of pyridine rings is 1. The lowest BCUT2D eigenvalue weighted by Crippen LogP contribution is -2.39. The van der Waals surface area contributed by atoms with Gasteiger partial charge in [0.25, 0.3) is 5.91 Å². The first-order valence-corrected chi connectivity index (χ1v) is 8.51. The Morgan fingerprint density at radius 3 is 2.00 bits per heavy atom. The van der Waals surface area contributed by atoms with Gasteiger partial charge in [-0.3, -0.25) is 14.6 Å². The molecule has 7 heteroatoms. The monoisotopic (exact) mass is 381 g/mol. The van der Waals surface area contributed by atoms with Crippen LogP contribution in [0.3, 0.4) is 0 Å². The first-order valence-electron chi connectivity index (χ1n) is 8.51. The first kappa shape index (κ1) is 19.2. The van der Waals surface area contributed by atoms with E-state index in [9.17, 15) is 18.4 Å². The molecule has 0 atom stereocenters. The molecule has 2 amide bonds. The van der Waals surface area contributed by atoms with E-state index in [1.165, 1.54) is 60.9 Å². The Hall–Kier alpha value is -3.61. The molecule has 3 aromatic rings. The maximum atomic E-state index is 13.7. The standard InChI is InChI=1S/C21H17F2N3O2/c22-17-5-1-3-15(11-17)20(16-4-2-6-18(23)12-16)26-19(27)13-25-21(28)14-7-9-24-10-8-14/h1-12,20H,13H2,(H,25,28)(H,26,27). The Morgan fingerprint density at radius 2 is 1.46 bits per heavy atom. The summed E-state index contributed by atoms with van der Waals surface area (Å²) >= 11 is 0. The molecule has 2 aromatic carbocycles. The number of hydrogen-bond donors (Lipinski definition) is 2. The van der Waals surface area contributed by atoms with Crippen molar-refractivity contribution < 1.29 is 18.4 Å². The first-order chi connectivity index (χ1) is 13.5. The molecule has 0 aliphatic carbocycles. The number of halogens is 2. The van der Waals surface area contributed by atoms with Crippen molar-refractivity contribution in [3.8, 4) is 0 Å². The summed E-state index contributed by atoms with van der Waals surface area (Å²) in [7, 11) is 0. The number of aromatic nitrogens is 1. The van der Waals surface area contributed by atoms with Crippen LogP contribution in [-0.2, 0) is 4.79 Å². The molecule has 1 heterocycles.